The molecule has 2 unspecified atom stereocenters. The monoisotopic (exact) mass is 429 g/mol. The molecule has 0 aliphatic carbocycles. The van der Waals surface area contributed by atoms with Crippen molar-refractivity contribution in [2.75, 3.05) is 32.4 Å². The van der Waals surface area contributed by atoms with E-state index < -0.39 is 9.84 Å². The summed E-state index contributed by atoms with van der Waals surface area (Å²) < 4.78 is 23.4. The van der Waals surface area contributed by atoms with Crippen molar-refractivity contribution < 1.29 is 18.0 Å². The second kappa shape index (κ2) is 9.71. The summed E-state index contributed by atoms with van der Waals surface area (Å²) in [7, 11) is -3.35. The van der Waals surface area contributed by atoms with Crippen molar-refractivity contribution in [1.29, 1.82) is 0 Å². The number of nitrogens with zero attached hydrogens (tertiary/aromatic N) is 1. The summed E-state index contributed by atoms with van der Waals surface area (Å²) in [5.74, 6) is 0.0944. The van der Waals surface area contributed by atoms with Crippen LogP contribution in [-0.2, 0) is 14.6 Å². The standard InChI is InChI=1S/C19H27N3O4S.ClH/c1-27(25,26)16-7-2-6-15(11-16)19(24)22-10-4-5-14(13-22)12-21-18(23)17-8-3-9-20-17;/h2,6-7,11,14,17,20H,3-5,8-10,12-13H2,1H3,(H,21,23);1H. The minimum atomic E-state index is -3.35. The highest BCUT2D eigenvalue weighted by Crippen LogP contribution is 2.20. The zero-order chi connectivity index (χ0) is 19.4. The largest absolute Gasteiger partial charge is 0.354 e. The van der Waals surface area contributed by atoms with E-state index in [1.54, 1.807) is 17.0 Å². The number of hydrogen-bond donors (Lipinski definition) is 2. The summed E-state index contributed by atoms with van der Waals surface area (Å²) in [6.07, 6.45) is 4.87. The van der Waals surface area contributed by atoms with Gasteiger partial charge in [-0.25, -0.2) is 8.42 Å². The Morgan fingerprint density at radius 2 is 2.04 bits per heavy atom. The molecule has 2 amide bonds. The lowest BCUT2D eigenvalue weighted by molar-refractivity contribution is -0.123. The molecule has 156 valence electrons. The Balaban J connectivity index is 0.00000280. The molecular formula is C19H28ClN3O4S. The van der Waals surface area contributed by atoms with E-state index >= 15 is 0 Å². The van der Waals surface area contributed by atoms with Crippen LogP contribution in [0.25, 0.3) is 0 Å². The summed E-state index contributed by atoms with van der Waals surface area (Å²) >= 11 is 0. The first-order valence-electron chi connectivity index (χ1n) is 9.45. The molecular weight excluding hydrogens is 402 g/mol. The van der Waals surface area contributed by atoms with E-state index in [0.29, 0.717) is 25.2 Å². The smallest absolute Gasteiger partial charge is 0.253 e. The minimum Gasteiger partial charge on any atom is -0.354 e. The molecule has 2 atom stereocenters. The Kier molecular flexibility index (Phi) is 7.86. The maximum Gasteiger partial charge on any atom is 0.253 e. The third-order valence-corrected chi connectivity index (χ3v) is 6.37. The van der Waals surface area contributed by atoms with Gasteiger partial charge in [0.2, 0.25) is 5.91 Å². The van der Waals surface area contributed by atoms with Gasteiger partial charge in [0.1, 0.15) is 0 Å². The lowest BCUT2D eigenvalue weighted by Crippen LogP contribution is -2.46. The first kappa shape index (κ1) is 22.6. The molecule has 2 aliphatic heterocycles. The zero-order valence-electron chi connectivity index (χ0n) is 16.0. The third-order valence-electron chi connectivity index (χ3n) is 5.26. The highest BCUT2D eigenvalue weighted by molar-refractivity contribution is 7.90. The van der Waals surface area contributed by atoms with E-state index in [1.165, 1.54) is 12.1 Å². The molecule has 2 saturated heterocycles. The number of benzene rings is 1. The average Bonchev–Trinajstić information content (AvgIpc) is 3.20. The summed E-state index contributed by atoms with van der Waals surface area (Å²) in [4.78, 5) is 26.9. The van der Waals surface area contributed by atoms with Crippen LogP contribution in [-0.4, -0.2) is 63.6 Å². The van der Waals surface area contributed by atoms with Crippen molar-refractivity contribution in [3.05, 3.63) is 29.8 Å². The first-order chi connectivity index (χ1) is 12.8. The molecule has 0 saturated carbocycles. The van der Waals surface area contributed by atoms with Crippen LogP contribution in [0.1, 0.15) is 36.0 Å². The van der Waals surface area contributed by atoms with Gasteiger partial charge in [-0.05, 0) is 56.3 Å². The lowest BCUT2D eigenvalue weighted by Gasteiger charge is -2.33. The summed E-state index contributed by atoms with van der Waals surface area (Å²) in [6.45, 7) is 2.66. The van der Waals surface area contributed by atoms with Crippen LogP contribution in [0.3, 0.4) is 0 Å². The summed E-state index contributed by atoms with van der Waals surface area (Å²) in [5.41, 5.74) is 0.387. The number of halogens is 1. The maximum absolute atomic E-state index is 12.8. The number of carbonyl (C=O) groups is 2. The van der Waals surface area contributed by atoms with Crippen LogP contribution >= 0.6 is 12.4 Å². The average molecular weight is 430 g/mol. The number of likely N-dealkylation sites (tertiary alicyclic amines) is 1. The second-order valence-corrected chi connectivity index (χ2v) is 9.47. The van der Waals surface area contributed by atoms with E-state index in [1.807, 2.05) is 0 Å². The zero-order valence-corrected chi connectivity index (χ0v) is 17.7. The van der Waals surface area contributed by atoms with Crippen LogP contribution < -0.4 is 10.6 Å². The Hall–Kier alpha value is -1.64. The molecule has 0 aromatic heterocycles. The van der Waals surface area contributed by atoms with Gasteiger partial charge >= 0.3 is 0 Å². The molecule has 1 aromatic carbocycles. The fourth-order valence-corrected chi connectivity index (χ4v) is 4.40. The van der Waals surface area contributed by atoms with Gasteiger partial charge in [0.05, 0.1) is 10.9 Å². The quantitative estimate of drug-likeness (QED) is 0.734. The molecule has 0 spiro atoms. The Morgan fingerprint density at radius 3 is 2.71 bits per heavy atom. The SMILES string of the molecule is CS(=O)(=O)c1cccc(C(=O)N2CCCC(CNC(=O)C3CCCN3)C2)c1.Cl. The van der Waals surface area contributed by atoms with Crippen molar-refractivity contribution in [3.63, 3.8) is 0 Å². The van der Waals surface area contributed by atoms with Gasteiger partial charge in [-0.15, -0.1) is 12.4 Å². The molecule has 2 aliphatic rings. The van der Waals surface area contributed by atoms with Crippen molar-refractivity contribution in [2.24, 2.45) is 5.92 Å². The molecule has 9 heteroatoms. The number of carbonyl (C=O) groups excluding carboxylic acids is 2. The predicted octanol–water partition coefficient (Wildman–Crippen LogP) is 1.23. The number of nitrogens with one attached hydrogen (secondary N) is 2. The molecule has 7 nitrogen and oxygen atoms in total. The maximum atomic E-state index is 12.8. The summed E-state index contributed by atoms with van der Waals surface area (Å²) in [5, 5.41) is 6.19. The minimum absolute atomic E-state index is 0. The van der Waals surface area contributed by atoms with E-state index in [-0.39, 0.29) is 41.1 Å². The van der Waals surface area contributed by atoms with Crippen LogP contribution in [0, 0.1) is 5.92 Å². The number of sulfone groups is 1. The topological polar surface area (TPSA) is 95.6 Å². The van der Waals surface area contributed by atoms with Gasteiger partial charge < -0.3 is 15.5 Å². The van der Waals surface area contributed by atoms with Gasteiger partial charge in [-0.1, -0.05) is 6.07 Å². The second-order valence-electron chi connectivity index (χ2n) is 7.45. The number of rotatable bonds is 5. The third kappa shape index (κ3) is 5.68. The van der Waals surface area contributed by atoms with Gasteiger partial charge in [0.25, 0.3) is 5.91 Å². The molecule has 0 bridgehead atoms. The summed E-state index contributed by atoms with van der Waals surface area (Å²) in [6, 6.07) is 6.09. The fourth-order valence-electron chi connectivity index (χ4n) is 3.73. The highest BCUT2D eigenvalue weighted by atomic mass is 35.5. The highest BCUT2D eigenvalue weighted by Gasteiger charge is 2.27. The fraction of sp³-hybridized carbons (Fsp3) is 0.579. The van der Waals surface area contributed by atoms with Crippen molar-refractivity contribution in [2.45, 2.75) is 36.6 Å². The van der Waals surface area contributed by atoms with E-state index in [0.717, 1.165) is 38.5 Å². The van der Waals surface area contributed by atoms with Gasteiger partial charge in [0, 0.05) is 31.5 Å². The molecule has 28 heavy (non-hydrogen) atoms. The number of piperidine rings is 1. The molecule has 0 radical (unpaired) electrons. The van der Waals surface area contributed by atoms with Crippen LogP contribution in [0.5, 0.6) is 0 Å². The normalized spacial score (nSPS) is 22.4. The van der Waals surface area contributed by atoms with E-state index in [9.17, 15) is 18.0 Å². The van der Waals surface area contributed by atoms with Crippen LogP contribution in [0.4, 0.5) is 0 Å². The van der Waals surface area contributed by atoms with Crippen molar-refractivity contribution in [1.82, 2.24) is 15.5 Å². The molecule has 1 aromatic rings. The molecule has 3 rings (SSSR count). The Morgan fingerprint density at radius 1 is 1.25 bits per heavy atom. The van der Waals surface area contributed by atoms with E-state index in [2.05, 4.69) is 10.6 Å². The Labute approximate surface area is 172 Å². The van der Waals surface area contributed by atoms with Crippen LogP contribution in [0.2, 0.25) is 0 Å². The van der Waals surface area contributed by atoms with E-state index in [4.69, 9.17) is 0 Å². The Bertz CT molecular complexity index is 809. The number of hydrogen-bond acceptors (Lipinski definition) is 5. The molecule has 2 N–H and O–H groups in total. The van der Waals surface area contributed by atoms with Crippen molar-refractivity contribution in [3.8, 4) is 0 Å². The molecule has 2 heterocycles. The van der Waals surface area contributed by atoms with Gasteiger partial charge in [0.15, 0.2) is 9.84 Å². The van der Waals surface area contributed by atoms with Gasteiger partial charge in [-0.3, -0.25) is 9.59 Å². The lowest BCUT2D eigenvalue weighted by atomic mass is 9.97. The van der Waals surface area contributed by atoms with Crippen molar-refractivity contribution >= 4 is 34.1 Å². The number of amides is 2. The van der Waals surface area contributed by atoms with Gasteiger partial charge in [-0.2, -0.15) is 0 Å². The first-order valence-corrected chi connectivity index (χ1v) is 11.3. The van der Waals surface area contributed by atoms with Crippen LogP contribution in [0.15, 0.2) is 29.2 Å². The molecule has 2 fully saturated rings. The predicted molar refractivity (Wildman–Crippen MR) is 109 cm³/mol.